The van der Waals surface area contributed by atoms with Gasteiger partial charge in [0.1, 0.15) is 0 Å². The minimum absolute atomic E-state index is 0.0369. The molecule has 0 aliphatic heterocycles. The van der Waals surface area contributed by atoms with Gasteiger partial charge in [-0.2, -0.15) is 11.8 Å². The monoisotopic (exact) mass is 250 g/mol. The molecule has 1 rings (SSSR count). The zero-order valence-electron chi connectivity index (χ0n) is 9.82. The first-order valence-corrected chi connectivity index (χ1v) is 6.67. The summed E-state index contributed by atoms with van der Waals surface area (Å²) in [5.41, 5.74) is 7.28. The van der Waals surface area contributed by atoms with E-state index in [0.29, 0.717) is 18.7 Å². The summed E-state index contributed by atoms with van der Waals surface area (Å²) in [4.78, 5) is 11.6. The van der Waals surface area contributed by atoms with E-state index in [2.05, 4.69) is 11.9 Å². The smallest absolute Gasteiger partial charge is 0.224 e. The number of carbonyl (C=O) groups is 1. The van der Waals surface area contributed by atoms with Crippen LogP contribution >= 0.6 is 11.8 Å². The van der Waals surface area contributed by atoms with Crippen LogP contribution in [0.15, 0.2) is 36.9 Å². The van der Waals surface area contributed by atoms with Crippen LogP contribution in [0.3, 0.4) is 0 Å². The van der Waals surface area contributed by atoms with Crippen LogP contribution in [-0.2, 0) is 11.2 Å². The quantitative estimate of drug-likeness (QED) is 0.441. The Bertz CT molecular complexity index is 379. The molecule has 92 valence electrons. The molecule has 17 heavy (non-hydrogen) atoms. The van der Waals surface area contributed by atoms with Crippen LogP contribution in [0.5, 0.6) is 0 Å². The van der Waals surface area contributed by atoms with Gasteiger partial charge in [0.05, 0.1) is 6.42 Å². The largest absolute Gasteiger partial charge is 0.399 e. The molecule has 0 aliphatic carbocycles. The highest BCUT2D eigenvalue weighted by molar-refractivity contribution is 7.99. The maximum atomic E-state index is 11.6. The average Bonchev–Trinajstić information content (AvgIpc) is 2.29. The third-order valence-corrected chi connectivity index (χ3v) is 3.08. The molecule has 3 nitrogen and oxygen atoms in total. The van der Waals surface area contributed by atoms with Gasteiger partial charge in [0.25, 0.3) is 0 Å². The van der Waals surface area contributed by atoms with Crippen LogP contribution in [0.4, 0.5) is 5.69 Å². The molecule has 3 N–H and O–H groups in total. The third kappa shape index (κ3) is 6.02. The van der Waals surface area contributed by atoms with Gasteiger partial charge in [-0.3, -0.25) is 4.79 Å². The van der Waals surface area contributed by atoms with Gasteiger partial charge in [-0.25, -0.2) is 0 Å². The molecule has 0 unspecified atom stereocenters. The molecule has 4 heteroatoms. The van der Waals surface area contributed by atoms with Gasteiger partial charge >= 0.3 is 0 Å². The Kier molecular flexibility index (Phi) is 6.25. The number of hydrogen-bond donors (Lipinski definition) is 2. The summed E-state index contributed by atoms with van der Waals surface area (Å²) in [7, 11) is 0. The number of thioether (sulfide) groups is 1. The van der Waals surface area contributed by atoms with E-state index in [1.807, 2.05) is 30.3 Å². The van der Waals surface area contributed by atoms with Gasteiger partial charge in [0.2, 0.25) is 5.91 Å². The van der Waals surface area contributed by atoms with E-state index in [0.717, 1.165) is 17.1 Å². The van der Waals surface area contributed by atoms with Gasteiger partial charge in [-0.15, -0.1) is 6.58 Å². The lowest BCUT2D eigenvalue weighted by Crippen LogP contribution is -2.27. The fourth-order valence-corrected chi connectivity index (χ4v) is 1.96. The summed E-state index contributed by atoms with van der Waals surface area (Å²) in [6, 6.07) is 7.40. The van der Waals surface area contributed by atoms with Crippen LogP contribution in [0.25, 0.3) is 0 Å². The Balaban J connectivity index is 2.23. The number of hydrogen-bond acceptors (Lipinski definition) is 3. The van der Waals surface area contributed by atoms with Gasteiger partial charge in [0, 0.05) is 23.7 Å². The van der Waals surface area contributed by atoms with Crippen molar-refractivity contribution < 1.29 is 4.79 Å². The summed E-state index contributed by atoms with van der Waals surface area (Å²) in [6.07, 6.45) is 2.25. The van der Waals surface area contributed by atoms with Crippen molar-refractivity contribution in [2.75, 3.05) is 23.8 Å². The topological polar surface area (TPSA) is 55.1 Å². The van der Waals surface area contributed by atoms with Crippen LogP contribution < -0.4 is 11.1 Å². The van der Waals surface area contributed by atoms with Crippen LogP contribution in [-0.4, -0.2) is 24.0 Å². The number of carbonyl (C=O) groups excluding carboxylic acids is 1. The molecule has 1 aromatic carbocycles. The van der Waals surface area contributed by atoms with Gasteiger partial charge in [0.15, 0.2) is 0 Å². The average molecular weight is 250 g/mol. The predicted molar refractivity (Wildman–Crippen MR) is 75.1 cm³/mol. The second-order valence-electron chi connectivity index (χ2n) is 3.64. The SMILES string of the molecule is C=CCSCCNC(=O)Cc1cccc(N)c1. The Hall–Kier alpha value is -1.42. The highest BCUT2D eigenvalue weighted by Crippen LogP contribution is 2.07. The highest BCUT2D eigenvalue weighted by Gasteiger charge is 2.02. The molecule has 1 amide bonds. The number of benzene rings is 1. The van der Waals surface area contributed by atoms with Crippen molar-refractivity contribution in [2.24, 2.45) is 0 Å². The fourth-order valence-electron chi connectivity index (χ4n) is 1.38. The van der Waals surface area contributed by atoms with E-state index in [1.54, 1.807) is 11.8 Å². The molecule has 0 bridgehead atoms. The van der Waals surface area contributed by atoms with E-state index in [4.69, 9.17) is 5.73 Å². The molecule has 0 aromatic heterocycles. The molecule has 0 spiro atoms. The molecule has 0 fully saturated rings. The molecule has 0 aliphatic rings. The normalized spacial score (nSPS) is 9.88. The van der Waals surface area contributed by atoms with E-state index in [-0.39, 0.29) is 5.91 Å². The second-order valence-corrected chi connectivity index (χ2v) is 4.79. The second kappa shape index (κ2) is 7.79. The molecular formula is C13H18N2OS. The number of nitrogens with two attached hydrogens (primary N) is 1. The first-order chi connectivity index (χ1) is 8.22. The highest BCUT2D eigenvalue weighted by atomic mass is 32.2. The van der Waals surface area contributed by atoms with Crippen molar-refractivity contribution in [2.45, 2.75) is 6.42 Å². The van der Waals surface area contributed by atoms with Crippen molar-refractivity contribution in [3.63, 3.8) is 0 Å². The van der Waals surface area contributed by atoms with Crippen LogP contribution in [0, 0.1) is 0 Å². The van der Waals surface area contributed by atoms with Crippen molar-refractivity contribution >= 4 is 23.4 Å². The molecule has 0 heterocycles. The predicted octanol–water partition coefficient (Wildman–Crippen LogP) is 1.85. The summed E-state index contributed by atoms with van der Waals surface area (Å²) in [5, 5.41) is 2.87. The molecule has 0 saturated carbocycles. The van der Waals surface area contributed by atoms with Crippen molar-refractivity contribution in [1.29, 1.82) is 0 Å². The zero-order valence-corrected chi connectivity index (χ0v) is 10.6. The first-order valence-electron chi connectivity index (χ1n) is 5.52. The number of rotatable bonds is 7. The number of nitrogen functional groups attached to an aromatic ring is 1. The van der Waals surface area contributed by atoms with E-state index >= 15 is 0 Å². The summed E-state index contributed by atoms with van der Waals surface area (Å²) < 4.78 is 0. The number of anilines is 1. The van der Waals surface area contributed by atoms with E-state index in [1.165, 1.54) is 0 Å². The van der Waals surface area contributed by atoms with Gasteiger partial charge < -0.3 is 11.1 Å². The van der Waals surface area contributed by atoms with Crippen molar-refractivity contribution in [3.8, 4) is 0 Å². The van der Waals surface area contributed by atoms with E-state index in [9.17, 15) is 4.79 Å². The maximum absolute atomic E-state index is 11.6. The third-order valence-electron chi connectivity index (χ3n) is 2.12. The number of amides is 1. The minimum atomic E-state index is 0.0369. The molecule has 0 atom stereocenters. The van der Waals surface area contributed by atoms with Gasteiger partial charge in [-0.1, -0.05) is 18.2 Å². The van der Waals surface area contributed by atoms with Crippen LogP contribution in [0.1, 0.15) is 5.56 Å². The summed E-state index contributed by atoms with van der Waals surface area (Å²) >= 11 is 1.75. The Morgan fingerprint density at radius 1 is 1.53 bits per heavy atom. The standard InChI is InChI=1S/C13H18N2OS/c1-2-7-17-8-6-15-13(16)10-11-4-3-5-12(14)9-11/h2-5,9H,1,6-8,10,14H2,(H,15,16). The lowest BCUT2D eigenvalue weighted by molar-refractivity contribution is -0.120. The van der Waals surface area contributed by atoms with Crippen molar-refractivity contribution in [1.82, 2.24) is 5.32 Å². The summed E-state index contributed by atoms with van der Waals surface area (Å²) in [5.74, 6) is 1.87. The molecule has 0 saturated heterocycles. The summed E-state index contributed by atoms with van der Waals surface area (Å²) in [6.45, 7) is 4.33. The first kappa shape index (κ1) is 13.6. The maximum Gasteiger partial charge on any atom is 0.224 e. The molecule has 1 aromatic rings. The minimum Gasteiger partial charge on any atom is -0.399 e. The molecular weight excluding hydrogens is 232 g/mol. The van der Waals surface area contributed by atoms with Crippen molar-refractivity contribution in [3.05, 3.63) is 42.5 Å². The van der Waals surface area contributed by atoms with Gasteiger partial charge in [-0.05, 0) is 17.7 Å². The lowest BCUT2D eigenvalue weighted by Gasteiger charge is -2.05. The fraction of sp³-hybridized carbons (Fsp3) is 0.308. The Labute approximate surface area is 106 Å². The van der Waals surface area contributed by atoms with E-state index < -0.39 is 0 Å². The zero-order chi connectivity index (χ0) is 12.5. The molecule has 0 radical (unpaired) electrons. The lowest BCUT2D eigenvalue weighted by atomic mass is 10.1. The Morgan fingerprint density at radius 2 is 2.35 bits per heavy atom. The Morgan fingerprint density at radius 3 is 3.06 bits per heavy atom. The van der Waals surface area contributed by atoms with Crippen LogP contribution in [0.2, 0.25) is 0 Å². The number of nitrogens with one attached hydrogen (secondary N) is 1.